The third-order valence-electron chi connectivity index (χ3n) is 2.60. The molecule has 0 bridgehead atoms. The molecule has 0 aliphatic rings. The van der Waals surface area contributed by atoms with Crippen molar-refractivity contribution in [2.45, 2.75) is 11.3 Å². The van der Waals surface area contributed by atoms with Crippen LogP contribution in [0.5, 0.6) is 0 Å². The Bertz CT molecular complexity index is 737. The van der Waals surface area contributed by atoms with Gasteiger partial charge < -0.3 is 5.73 Å². The van der Waals surface area contributed by atoms with Crippen LogP contribution >= 0.6 is 46.1 Å². The lowest BCUT2D eigenvalue weighted by atomic mass is 10.3. The topological polar surface area (TPSA) is 72.2 Å². The van der Waals surface area contributed by atoms with Gasteiger partial charge in [0.2, 0.25) is 10.0 Å². The van der Waals surface area contributed by atoms with E-state index < -0.39 is 10.0 Å². The van der Waals surface area contributed by atoms with E-state index in [1.165, 1.54) is 23.5 Å². The SMILES string of the molecule is Nc1cc(Cl)cc(Cl)c1S(=O)(=O)NCCc1ccc(Cl)s1. The lowest BCUT2D eigenvalue weighted by Gasteiger charge is -2.11. The van der Waals surface area contributed by atoms with Gasteiger partial charge in [-0.2, -0.15) is 0 Å². The summed E-state index contributed by atoms with van der Waals surface area (Å²) in [5.41, 5.74) is 5.70. The summed E-state index contributed by atoms with van der Waals surface area (Å²) < 4.78 is 27.6. The van der Waals surface area contributed by atoms with E-state index in [9.17, 15) is 8.42 Å². The van der Waals surface area contributed by atoms with Crippen molar-refractivity contribution in [3.8, 4) is 0 Å². The van der Waals surface area contributed by atoms with Crippen LogP contribution < -0.4 is 10.5 Å². The summed E-state index contributed by atoms with van der Waals surface area (Å²) in [5, 5.41) is 0.274. The second-order valence-corrected chi connectivity index (χ2v) is 8.51. The zero-order valence-electron chi connectivity index (χ0n) is 10.6. The van der Waals surface area contributed by atoms with E-state index in [4.69, 9.17) is 40.5 Å². The predicted octanol–water partition coefficient (Wildman–Crippen LogP) is 3.81. The smallest absolute Gasteiger partial charge is 0.244 e. The summed E-state index contributed by atoms with van der Waals surface area (Å²) in [5.74, 6) is 0. The largest absolute Gasteiger partial charge is 0.398 e. The van der Waals surface area contributed by atoms with Crippen LogP contribution in [0.25, 0.3) is 0 Å². The Kier molecular flexibility index (Phi) is 5.40. The zero-order valence-corrected chi connectivity index (χ0v) is 14.5. The molecule has 9 heteroatoms. The van der Waals surface area contributed by atoms with Crippen LogP contribution in [0.15, 0.2) is 29.2 Å². The predicted molar refractivity (Wildman–Crippen MR) is 89.1 cm³/mol. The van der Waals surface area contributed by atoms with Crippen LogP contribution in [0.1, 0.15) is 4.88 Å². The Morgan fingerprint density at radius 1 is 1.19 bits per heavy atom. The van der Waals surface area contributed by atoms with Crippen molar-refractivity contribution in [1.29, 1.82) is 0 Å². The van der Waals surface area contributed by atoms with Crippen LogP contribution in [0.4, 0.5) is 5.69 Å². The first kappa shape index (κ1) is 16.9. The molecular weight excluding hydrogens is 375 g/mol. The fourth-order valence-corrected chi connectivity index (χ4v) is 4.83. The average molecular weight is 386 g/mol. The molecule has 0 aliphatic carbocycles. The highest BCUT2D eigenvalue weighted by Crippen LogP contribution is 2.31. The third-order valence-corrected chi connectivity index (χ3v) is 6.09. The first-order chi connectivity index (χ1) is 9.79. The second-order valence-electron chi connectivity index (χ2n) is 4.16. The van der Waals surface area contributed by atoms with E-state index >= 15 is 0 Å². The standard InChI is InChI=1S/C12H11Cl3N2O2S2/c13-7-5-9(14)12(10(16)6-7)21(18,19)17-4-3-8-1-2-11(15)20-8/h1-2,5-6,17H,3-4,16H2. The average Bonchev–Trinajstić information content (AvgIpc) is 2.72. The molecule has 0 fully saturated rings. The Morgan fingerprint density at radius 2 is 1.90 bits per heavy atom. The maximum atomic E-state index is 12.2. The first-order valence-electron chi connectivity index (χ1n) is 5.78. The number of sulfonamides is 1. The fraction of sp³-hybridized carbons (Fsp3) is 0.167. The number of rotatable bonds is 5. The Hall–Kier alpha value is -0.500. The van der Waals surface area contributed by atoms with Crippen molar-refractivity contribution in [2.75, 3.05) is 12.3 Å². The molecule has 1 heterocycles. The molecule has 0 spiro atoms. The molecule has 2 rings (SSSR count). The molecule has 0 amide bonds. The third kappa shape index (κ3) is 4.25. The van der Waals surface area contributed by atoms with Gasteiger partial charge in [-0.05, 0) is 30.7 Å². The summed E-state index contributed by atoms with van der Waals surface area (Å²) in [4.78, 5) is 0.829. The van der Waals surface area contributed by atoms with Gasteiger partial charge in [0.1, 0.15) is 4.90 Å². The molecule has 114 valence electrons. The van der Waals surface area contributed by atoms with E-state index in [1.54, 1.807) is 6.07 Å². The van der Waals surface area contributed by atoms with Crippen LogP contribution in [0.3, 0.4) is 0 Å². The van der Waals surface area contributed by atoms with Gasteiger partial charge in [-0.25, -0.2) is 13.1 Å². The number of nitrogen functional groups attached to an aromatic ring is 1. The molecule has 0 saturated carbocycles. The van der Waals surface area contributed by atoms with Crippen LogP contribution in [-0.4, -0.2) is 15.0 Å². The summed E-state index contributed by atoms with van der Waals surface area (Å²) in [7, 11) is -3.80. The highest BCUT2D eigenvalue weighted by Gasteiger charge is 2.21. The van der Waals surface area contributed by atoms with Crippen molar-refractivity contribution in [2.24, 2.45) is 0 Å². The number of thiophene rings is 1. The van der Waals surface area contributed by atoms with Crippen molar-refractivity contribution >= 4 is 61.9 Å². The number of hydrogen-bond donors (Lipinski definition) is 2. The van der Waals surface area contributed by atoms with Crippen molar-refractivity contribution in [3.05, 3.63) is 43.5 Å². The minimum atomic E-state index is -3.80. The van der Waals surface area contributed by atoms with Gasteiger partial charge in [-0.1, -0.05) is 34.8 Å². The number of nitrogens with one attached hydrogen (secondary N) is 1. The van der Waals surface area contributed by atoms with Gasteiger partial charge in [-0.3, -0.25) is 0 Å². The maximum absolute atomic E-state index is 12.2. The van der Waals surface area contributed by atoms with Gasteiger partial charge in [0.05, 0.1) is 15.0 Å². The highest BCUT2D eigenvalue weighted by atomic mass is 35.5. The molecule has 1 aromatic heterocycles. The molecule has 3 N–H and O–H groups in total. The minimum Gasteiger partial charge on any atom is -0.398 e. The van der Waals surface area contributed by atoms with Gasteiger partial charge in [0.25, 0.3) is 0 Å². The van der Waals surface area contributed by atoms with Gasteiger partial charge in [-0.15, -0.1) is 11.3 Å². The number of anilines is 1. The molecule has 4 nitrogen and oxygen atoms in total. The van der Waals surface area contributed by atoms with Gasteiger partial charge >= 0.3 is 0 Å². The van der Waals surface area contributed by atoms with Gasteiger partial charge in [0.15, 0.2) is 0 Å². The van der Waals surface area contributed by atoms with E-state index in [0.29, 0.717) is 10.8 Å². The Morgan fingerprint density at radius 3 is 2.48 bits per heavy atom. The maximum Gasteiger partial charge on any atom is 0.244 e. The molecule has 1 aromatic carbocycles. The molecule has 21 heavy (non-hydrogen) atoms. The molecule has 0 radical (unpaired) electrons. The number of benzene rings is 1. The summed E-state index contributed by atoms with van der Waals surface area (Å²) in [6.07, 6.45) is 0.529. The fourth-order valence-electron chi connectivity index (χ4n) is 1.73. The van der Waals surface area contributed by atoms with E-state index in [0.717, 1.165) is 4.88 Å². The zero-order chi connectivity index (χ0) is 15.6. The molecule has 2 aromatic rings. The monoisotopic (exact) mass is 384 g/mol. The minimum absolute atomic E-state index is 0.00771. The first-order valence-corrected chi connectivity index (χ1v) is 9.21. The van der Waals surface area contributed by atoms with E-state index in [2.05, 4.69) is 4.72 Å². The van der Waals surface area contributed by atoms with Crippen LogP contribution in [-0.2, 0) is 16.4 Å². The highest BCUT2D eigenvalue weighted by molar-refractivity contribution is 7.89. The lowest BCUT2D eigenvalue weighted by molar-refractivity contribution is 0.582. The van der Waals surface area contributed by atoms with E-state index in [-0.39, 0.29) is 27.2 Å². The van der Waals surface area contributed by atoms with Crippen LogP contribution in [0, 0.1) is 0 Å². The van der Waals surface area contributed by atoms with Gasteiger partial charge in [0, 0.05) is 16.4 Å². The molecule has 0 atom stereocenters. The van der Waals surface area contributed by atoms with Crippen LogP contribution in [0.2, 0.25) is 14.4 Å². The Labute approximate surface area is 141 Å². The molecule has 0 unspecified atom stereocenters. The van der Waals surface area contributed by atoms with Crippen molar-refractivity contribution in [3.63, 3.8) is 0 Å². The molecule has 0 aliphatic heterocycles. The van der Waals surface area contributed by atoms with Crippen molar-refractivity contribution < 1.29 is 8.42 Å². The molecular formula is C12H11Cl3N2O2S2. The summed E-state index contributed by atoms with van der Waals surface area (Å²) in [6.45, 7) is 0.220. The normalized spacial score (nSPS) is 11.8. The summed E-state index contributed by atoms with van der Waals surface area (Å²) in [6, 6.07) is 6.31. The lowest BCUT2D eigenvalue weighted by Crippen LogP contribution is -2.27. The second kappa shape index (κ2) is 6.73. The van der Waals surface area contributed by atoms with Crippen molar-refractivity contribution in [1.82, 2.24) is 4.72 Å². The number of hydrogen-bond acceptors (Lipinski definition) is 4. The quantitative estimate of drug-likeness (QED) is 0.769. The number of nitrogens with two attached hydrogens (primary N) is 1. The Balaban J connectivity index is 2.12. The van der Waals surface area contributed by atoms with E-state index in [1.807, 2.05) is 6.07 Å². The summed E-state index contributed by atoms with van der Waals surface area (Å²) >= 11 is 18.9. The molecule has 0 saturated heterocycles. The number of halogens is 3.